The number of benzene rings is 1. The molecule has 0 bridgehead atoms. The van der Waals surface area contributed by atoms with Crippen LogP contribution < -0.4 is 0 Å². The van der Waals surface area contributed by atoms with E-state index in [1.165, 1.54) is 0 Å². The molecule has 0 aliphatic carbocycles. The Hall–Kier alpha value is -1.16. The molecule has 14 heavy (non-hydrogen) atoms. The first kappa shape index (κ1) is 10.9. The zero-order chi connectivity index (χ0) is 10.6. The van der Waals surface area contributed by atoms with E-state index < -0.39 is 16.8 Å². The topological polar surface area (TPSA) is 54.4 Å². The predicted molar refractivity (Wildman–Crippen MR) is 54.7 cm³/mol. The Morgan fingerprint density at radius 2 is 1.93 bits per heavy atom. The molecule has 0 amide bonds. The summed E-state index contributed by atoms with van der Waals surface area (Å²) in [4.78, 5) is 11.1. The molecule has 76 valence electrons. The van der Waals surface area contributed by atoms with Crippen molar-refractivity contribution in [1.82, 2.24) is 0 Å². The summed E-state index contributed by atoms with van der Waals surface area (Å²) >= 11 is 0. The quantitative estimate of drug-likeness (QED) is 0.821. The van der Waals surface area contributed by atoms with Gasteiger partial charge in [-0.2, -0.15) is 0 Å². The molecule has 0 aromatic heterocycles. The Morgan fingerprint density at radius 1 is 1.36 bits per heavy atom. The van der Waals surface area contributed by atoms with Gasteiger partial charge in [0.05, 0.1) is 17.2 Å². The molecule has 0 aliphatic rings. The molecule has 1 rings (SSSR count). The summed E-state index contributed by atoms with van der Waals surface area (Å²) in [5.74, 6) is -0.271. The van der Waals surface area contributed by atoms with Gasteiger partial charge in [-0.15, -0.1) is 0 Å². The van der Waals surface area contributed by atoms with Crippen molar-refractivity contribution in [2.24, 2.45) is 0 Å². The van der Waals surface area contributed by atoms with Crippen molar-refractivity contribution in [3.8, 4) is 0 Å². The van der Waals surface area contributed by atoms with Crippen LogP contribution in [0.25, 0.3) is 0 Å². The van der Waals surface area contributed by atoms with Crippen LogP contribution in [0.2, 0.25) is 0 Å². The highest BCUT2D eigenvalue weighted by Crippen LogP contribution is 2.09. The summed E-state index contributed by atoms with van der Waals surface area (Å²) < 4.78 is 11.3. The zero-order valence-corrected chi connectivity index (χ0v) is 8.71. The van der Waals surface area contributed by atoms with Crippen LogP contribution in [0.4, 0.5) is 0 Å². The van der Waals surface area contributed by atoms with Gasteiger partial charge in [0, 0.05) is 10.6 Å². The summed E-state index contributed by atoms with van der Waals surface area (Å²) in [6, 6.07) is 6.85. The average Bonchev–Trinajstić information content (AvgIpc) is 2.17. The molecule has 1 aromatic rings. The van der Waals surface area contributed by atoms with Crippen molar-refractivity contribution in [2.45, 2.75) is 18.2 Å². The molecule has 0 radical (unpaired) electrons. The van der Waals surface area contributed by atoms with E-state index in [9.17, 15) is 9.00 Å². The van der Waals surface area contributed by atoms with Crippen LogP contribution in [0.1, 0.15) is 12.5 Å². The van der Waals surface area contributed by atoms with E-state index in [0.29, 0.717) is 5.75 Å². The summed E-state index contributed by atoms with van der Waals surface area (Å²) in [5, 5.41) is 8.53. The first-order valence-electron chi connectivity index (χ1n) is 4.32. The van der Waals surface area contributed by atoms with Crippen LogP contribution in [0, 0.1) is 0 Å². The second kappa shape index (κ2) is 4.91. The number of carbonyl (C=O) groups is 1. The third-order valence-corrected chi connectivity index (χ3v) is 3.13. The van der Waals surface area contributed by atoms with E-state index in [0.717, 1.165) is 10.5 Å². The van der Waals surface area contributed by atoms with Gasteiger partial charge in [0.15, 0.2) is 0 Å². The van der Waals surface area contributed by atoms with Gasteiger partial charge in [-0.25, -0.2) is 0 Å². The number of carboxylic acid groups (broad SMARTS) is 1. The lowest BCUT2D eigenvalue weighted by Crippen LogP contribution is -2.00. The molecular weight excluding hydrogens is 200 g/mol. The van der Waals surface area contributed by atoms with Gasteiger partial charge in [0.2, 0.25) is 0 Å². The van der Waals surface area contributed by atoms with Crippen LogP contribution in [-0.4, -0.2) is 21.0 Å². The maximum atomic E-state index is 11.3. The molecule has 1 unspecified atom stereocenters. The number of hydrogen-bond acceptors (Lipinski definition) is 2. The molecule has 0 fully saturated rings. The summed E-state index contributed by atoms with van der Waals surface area (Å²) in [5.41, 5.74) is 0.731. The number of rotatable bonds is 4. The monoisotopic (exact) mass is 212 g/mol. The van der Waals surface area contributed by atoms with Gasteiger partial charge in [0.25, 0.3) is 0 Å². The highest BCUT2D eigenvalue weighted by Gasteiger charge is 2.03. The number of aliphatic carboxylic acids is 1. The minimum Gasteiger partial charge on any atom is -0.481 e. The average molecular weight is 212 g/mol. The second-order valence-corrected chi connectivity index (χ2v) is 4.59. The van der Waals surface area contributed by atoms with E-state index in [-0.39, 0.29) is 6.42 Å². The number of hydrogen-bond donors (Lipinski definition) is 1. The fraction of sp³-hybridized carbons (Fsp3) is 0.300. The minimum atomic E-state index is -0.959. The molecule has 0 saturated heterocycles. The van der Waals surface area contributed by atoms with Gasteiger partial charge >= 0.3 is 5.97 Å². The van der Waals surface area contributed by atoms with Crippen LogP contribution in [0.3, 0.4) is 0 Å². The predicted octanol–water partition coefficient (Wildman–Crippen LogP) is 1.44. The Kier molecular flexibility index (Phi) is 3.83. The Bertz CT molecular complexity index is 343. The molecule has 0 spiro atoms. The van der Waals surface area contributed by atoms with Gasteiger partial charge < -0.3 is 5.11 Å². The van der Waals surface area contributed by atoms with E-state index in [4.69, 9.17) is 5.11 Å². The van der Waals surface area contributed by atoms with Crippen molar-refractivity contribution in [3.63, 3.8) is 0 Å². The molecule has 1 atom stereocenters. The Morgan fingerprint density at radius 3 is 2.36 bits per heavy atom. The third kappa shape index (κ3) is 2.96. The largest absolute Gasteiger partial charge is 0.481 e. The van der Waals surface area contributed by atoms with Crippen molar-refractivity contribution >= 4 is 16.8 Å². The normalized spacial score (nSPS) is 12.4. The summed E-state index contributed by atoms with van der Waals surface area (Å²) in [7, 11) is -0.959. The van der Waals surface area contributed by atoms with Gasteiger partial charge in [-0.3, -0.25) is 9.00 Å². The molecule has 4 heteroatoms. The zero-order valence-electron chi connectivity index (χ0n) is 7.90. The lowest BCUT2D eigenvalue weighted by Gasteiger charge is -2.00. The molecule has 0 saturated carbocycles. The fourth-order valence-corrected chi connectivity index (χ4v) is 1.87. The Labute approximate surface area is 85.2 Å². The molecular formula is C10H12O3S. The molecule has 1 N–H and O–H groups in total. The van der Waals surface area contributed by atoms with Crippen LogP contribution >= 0.6 is 0 Å². The number of carboxylic acids is 1. The molecule has 3 nitrogen and oxygen atoms in total. The third-order valence-electron chi connectivity index (χ3n) is 1.80. The van der Waals surface area contributed by atoms with Crippen LogP contribution in [0.5, 0.6) is 0 Å². The van der Waals surface area contributed by atoms with E-state index in [1.54, 1.807) is 24.3 Å². The highest BCUT2D eigenvalue weighted by molar-refractivity contribution is 7.85. The highest BCUT2D eigenvalue weighted by atomic mass is 32.2. The lowest BCUT2D eigenvalue weighted by molar-refractivity contribution is -0.136. The summed E-state index contributed by atoms with van der Waals surface area (Å²) in [6.45, 7) is 1.85. The summed E-state index contributed by atoms with van der Waals surface area (Å²) in [6.07, 6.45) is 0.0129. The van der Waals surface area contributed by atoms with E-state index >= 15 is 0 Å². The van der Waals surface area contributed by atoms with Crippen molar-refractivity contribution < 1.29 is 14.1 Å². The smallest absolute Gasteiger partial charge is 0.307 e. The maximum absolute atomic E-state index is 11.3. The molecule has 0 heterocycles. The minimum absolute atomic E-state index is 0.0129. The van der Waals surface area contributed by atoms with Crippen molar-refractivity contribution in [1.29, 1.82) is 0 Å². The molecule has 1 aromatic carbocycles. The SMILES string of the molecule is CCS(=O)c1ccc(CC(=O)O)cc1. The van der Waals surface area contributed by atoms with Crippen LogP contribution in [-0.2, 0) is 22.0 Å². The van der Waals surface area contributed by atoms with E-state index in [2.05, 4.69) is 0 Å². The lowest BCUT2D eigenvalue weighted by atomic mass is 10.2. The first-order valence-corrected chi connectivity index (χ1v) is 5.64. The molecule has 0 aliphatic heterocycles. The van der Waals surface area contributed by atoms with E-state index in [1.807, 2.05) is 6.92 Å². The van der Waals surface area contributed by atoms with Crippen molar-refractivity contribution in [3.05, 3.63) is 29.8 Å². The van der Waals surface area contributed by atoms with Crippen molar-refractivity contribution in [2.75, 3.05) is 5.75 Å². The fourth-order valence-electron chi connectivity index (χ4n) is 1.10. The second-order valence-electron chi connectivity index (χ2n) is 2.85. The van der Waals surface area contributed by atoms with Crippen LogP contribution in [0.15, 0.2) is 29.2 Å². The Balaban J connectivity index is 2.78. The first-order chi connectivity index (χ1) is 6.63. The van der Waals surface area contributed by atoms with Gasteiger partial charge in [0.1, 0.15) is 0 Å². The standard InChI is InChI=1S/C10H12O3S/c1-2-14(13)9-5-3-8(4-6-9)7-10(11)12/h3-6H,2,7H2,1H3,(H,11,12). The van der Waals surface area contributed by atoms with Gasteiger partial charge in [-0.1, -0.05) is 19.1 Å². The van der Waals surface area contributed by atoms with Gasteiger partial charge in [-0.05, 0) is 17.7 Å². The maximum Gasteiger partial charge on any atom is 0.307 e.